The molecule has 0 saturated carbocycles. The van der Waals surface area contributed by atoms with E-state index < -0.39 is 24.2 Å². The lowest BCUT2D eigenvalue weighted by molar-refractivity contribution is 1.16. The fourth-order valence-corrected chi connectivity index (χ4v) is 7.96. The van der Waals surface area contributed by atoms with Gasteiger partial charge in [-0.15, -0.1) is 0 Å². The van der Waals surface area contributed by atoms with Crippen LogP contribution < -0.4 is 0 Å². The minimum Gasteiger partial charge on any atom is -0.309 e. The second-order valence-corrected chi connectivity index (χ2v) is 12.8. The van der Waals surface area contributed by atoms with Crippen LogP contribution in [0.4, 0.5) is 0 Å². The molecule has 0 radical (unpaired) electrons. The van der Waals surface area contributed by atoms with E-state index >= 15 is 0 Å². The van der Waals surface area contributed by atoms with E-state index in [1.807, 2.05) is 42.5 Å². The summed E-state index contributed by atoms with van der Waals surface area (Å²) in [4.78, 5) is 0. The average molecular weight is 658 g/mol. The van der Waals surface area contributed by atoms with Crippen LogP contribution in [-0.2, 0) is 0 Å². The van der Waals surface area contributed by atoms with Gasteiger partial charge in [0.05, 0.1) is 49.8 Å². The van der Waals surface area contributed by atoms with Gasteiger partial charge in [0.2, 0.25) is 0 Å². The molecule has 0 aliphatic heterocycles. The molecular weight excluding hydrogens is 619 g/mol. The first-order valence-electron chi connectivity index (χ1n) is 20.9. The van der Waals surface area contributed by atoms with Crippen molar-refractivity contribution in [1.82, 2.24) is 13.7 Å². The van der Waals surface area contributed by atoms with Crippen molar-refractivity contribution in [2.24, 2.45) is 0 Å². The van der Waals surface area contributed by atoms with Crippen LogP contribution in [-0.4, -0.2) is 13.7 Å². The Morgan fingerprint density at radius 2 is 0.843 bits per heavy atom. The summed E-state index contributed by atoms with van der Waals surface area (Å²) in [5.41, 5.74) is 8.67. The zero-order chi connectivity index (χ0) is 40.4. The summed E-state index contributed by atoms with van der Waals surface area (Å²) in [6.07, 6.45) is 0. The van der Waals surface area contributed by atoms with Gasteiger partial charge in [-0.05, 0) is 72.2 Å². The van der Waals surface area contributed by atoms with E-state index in [9.17, 15) is 0 Å². The molecule has 3 aromatic heterocycles. The van der Waals surface area contributed by atoms with Crippen LogP contribution in [0.15, 0.2) is 188 Å². The fourth-order valence-electron chi connectivity index (χ4n) is 7.96. The first kappa shape index (κ1) is 21.3. The van der Waals surface area contributed by atoms with Gasteiger partial charge in [0.1, 0.15) is 0 Å². The summed E-state index contributed by atoms with van der Waals surface area (Å²) < 4.78 is 75.9. The van der Waals surface area contributed by atoms with E-state index in [4.69, 9.17) is 11.0 Å². The van der Waals surface area contributed by atoms with Gasteiger partial charge in [-0.3, -0.25) is 0 Å². The van der Waals surface area contributed by atoms with Crippen molar-refractivity contribution in [3.63, 3.8) is 0 Å². The Balaban J connectivity index is 1.15. The largest absolute Gasteiger partial charge is 0.309 e. The third-order valence-electron chi connectivity index (χ3n) is 10.1. The number of benzene rings is 8. The van der Waals surface area contributed by atoms with E-state index in [-0.39, 0.29) is 46.0 Å². The number of hydrogen-bond acceptors (Lipinski definition) is 0. The van der Waals surface area contributed by atoms with Crippen molar-refractivity contribution in [3.05, 3.63) is 188 Å². The molecule has 238 valence electrons. The maximum Gasteiger partial charge on any atom is 0.0645 e. The van der Waals surface area contributed by atoms with Gasteiger partial charge in [0.15, 0.2) is 0 Å². The maximum atomic E-state index is 9.00. The highest BCUT2D eigenvalue weighted by Gasteiger charge is 2.19. The van der Waals surface area contributed by atoms with Crippen LogP contribution >= 0.6 is 0 Å². The van der Waals surface area contributed by atoms with Gasteiger partial charge in [-0.25, -0.2) is 0 Å². The quantitative estimate of drug-likeness (QED) is 0.179. The molecule has 0 saturated heterocycles. The van der Waals surface area contributed by atoms with Crippen molar-refractivity contribution < 1.29 is 11.0 Å². The minimum absolute atomic E-state index is 0.0503. The summed E-state index contributed by atoms with van der Waals surface area (Å²) in [6, 6.07) is 44.4. The maximum absolute atomic E-state index is 9.00. The summed E-state index contributed by atoms with van der Waals surface area (Å²) >= 11 is 0. The Bertz CT molecular complexity index is 3480. The Morgan fingerprint density at radius 1 is 0.333 bits per heavy atom. The van der Waals surface area contributed by atoms with Gasteiger partial charge in [0, 0.05) is 49.3 Å². The van der Waals surface area contributed by atoms with Crippen molar-refractivity contribution in [3.8, 4) is 28.2 Å². The number of hydrogen-bond donors (Lipinski definition) is 0. The molecule has 0 spiro atoms. The molecule has 0 fully saturated rings. The molecule has 0 atom stereocenters. The van der Waals surface area contributed by atoms with Crippen LogP contribution in [0.25, 0.3) is 93.6 Å². The van der Waals surface area contributed by atoms with Gasteiger partial charge in [-0.1, -0.05) is 121 Å². The molecular formula is C48H31N3. The Morgan fingerprint density at radius 3 is 1.53 bits per heavy atom. The van der Waals surface area contributed by atoms with Crippen LogP contribution in [0.1, 0.15) is 11.0 Å². The molecule has 11 rings (SSSR count). The predicted molar refractivity (Wildman–Crippen MR) is 215 cm³/mol. The molecule has 3 heteroatoms. The van der Waals surface area contributed by atoms with E-state index in [0.29, 0.717) is 5.69 Å². The SMILES string of the molecule is [2H]c1c([2H])c([2H])c2c(c1[2H])c1c([2H])c([2H])c([2H])c([2H])c1n2-c1cccc(-c2ccccc2-n2c3ccccc3c3cc(-n4c5ccccc5c5ccccc54)ccc32)c1. The molecule has 8 aromatic carbocycles. The molecule has 11 aromatic rings. The molecule has 0 N–H and O–H groups in total. The topological polar surface area (TPSA) is 14.8 Å². The molecule has 0 aliphatic carbocycles. The normalized spacial score (nSPS) is 14.1. The monoisotopic (exact) mass is 657 g/mol. The first-order valence-corrected chi connectivity index (χ1v) is 16.9. The van der Waals surface area contributed by atoms with E-state index in [1.54, 1.807) is 10.6 Å². The molecule has 0 aliphatic rings. The Kier molecular flexibility index (Phi) is 4.52. The first-order chi connectivity index (χ1) is 28.7. The van der Waals surface area contributed by atoms with Crippen molar-refractivity contribution >= 4 is 65.4 Å². The second-order valence-electron chi connectivity index (χ2n) is 12.8. The third-order valence-corrected chi connectivity index (χ3v) is 10.1. The molecule has 0 unspecified atom stereocenters. The van der Waals surface area contributed by atoms with E-state index in [2.05, 4.69) is 100 Å². The van der Waals surface area contributed by atoms with Gasteiger partial charge in [0.25, 0.3) is 0 Å². The van der Waals surface area contributed by atoms with E-state index in [0.717, 1.165) is 55.3 Å². The molecule has 3 nitrogen and oxygen atoms in total. The zero-order valence-corrected chi connectivity index (χ0v) is 27.1. The van der Waals surface area contributed by atoms with Gasteiger partial charge >= 0.3 is 0 Å². The van der Waals surface area contributed by atoms with Crippen LogP contribution in [0.5, 0.6) is 0 Å². The highest BCUT2D eigenvalue weighted by Crippen LogP contribution is 2.40. The molecule has 51 heavy (non-hydrogen) atoms. The lowest BCUT2D eigenvalue weighted by Gasteiger charge is -2.16. The summed E-state index contributed by atoms with van der Waals surface area (Å²) in [5, 5.41) is 4.69. The highest BCUT2D eigenvalue weighted by molar-refractivity contribution is 6.13. The van der Waals surface area contributed by atoms with Crippen LogP contribution in [0, 0.1) is 0 Å². The molecule has 3 heterocycles. The van der Waals surface area contributed by atoms with Crippen LogP contribution in [0.3, 0.4) is 0 Å². The predicted octanol–water partition coefficient (Wildman–Crippen LogP) is 12.6. The number of rotatable bonds is 4. The molecule has 0 amide bonds. The van der Waals surface area contributed by atoms with Crippen molar-refractivity contribution in [2.45, 2.75) is 0 Å². The standard InChI is InChI=1S/C48H31N3/c1-7-22-42(35(16-1)32-14-13-15-33(30-32)49-43-23-8-2-17-36(43)37-18-3-9-24-44(37)49)51-47-27-12-6-21-40(47)41-31-34(28-29-48(41)51)50-45-25-10-4-19-38(45)39-20-5-11-26-46(39)50/h1-31H/i2D,3D,8D,9D,17D,18D,23D,24D. The summed E-state index contributed by atoms with van der Waals surface area (Å²) in [5.74, 6) is 0. The second kappa shape index (κ2) is 10.8. The summed E-state index contributed by atoms with van der Waals surface area (Å²) in [6.45, 7) is 0. The number of fused-ring (bicyclic) bond motifs is 9. The van der Waals surface area contributed by atoms with Crippen LogP contribution in [0.2, 0.25) is 0 Å². The third kappa shape index (κ3) is 4.06. The number of nitrogens with zero attached hydrogens (tertiary/aromatic N) is 3. The highest BCUT2D eigenvalue weighted by atomic mass is 15.0. The number of aromatic nitrogens is 3. The smallest absolute Gasteiger partial charge is 0.0645 e. The average Bonchev–Trinajstić information content (AvgIpc) is 3.92. The molecule has 0 bridgehead atoms. The van der Waals surface area contributed by atoms with Crippen molar-refractivity contribution in [2.75, 3.05) is 0 Å². The lowest BCUT2D eigenvalue weighted by Crippen LogP contribution is -1.99. The Hall–Kier alpha value is -6.84. The summed E-state index contributed by atoms with van der Waals surface area (Å²) in [7, 11) is 0. The Labute approximate surface area is 305 Å². The van der Waals surface area contributed by atoms with E-state index in [1.165, 1.54) is 10.8 Å². The van der Waals surface area contributed by atoms with Gasteiger partial charge in [-0.2, -0.15) is 0 Å². The number of para-hydroxylation sites is 6. The van der Waals surface area contributed by atoms with Crippen molar-refractivity contribution in [1.29, 1.82) is 0 Å². The fraction of sp³-hybridized carbons (Fsp3) is 0. The minimum atomic E-state index is -0.468. The lowest BCUT2D eigenvalue weighted by atomic mass is 10.0. The van der Waals surface area contributed by atoms with Gasteiger partial charge < -0.3 is 13.7 Å². The zero-order valence-electron chi connectivity index (χ0n) is 35.1.